The molecule has 1 fully saturated rings. The number of carbonyl (C=O) groups excluding carboxylic acids is 1. The van der Waals surface area contributed by atoms with Gasteiger partial charge in [0.1, 0.15) is 0 Å². The Morgan fingerprint density at radius 1 is 1.32 bits per heavy atom. The molecule has 0 unspecified atom stereocenters. The molecule has 1 saturated heterocycles. The van der Waals surface area contributed by atoms with Gasteiger partial charge in [-0.25, -0.2) is 0 Å². The van der Waals surface area contributed by atoms with E-state index in [2.05, 4.69) is 4.98 Å². The molecule has 0 aliphatic carbocycles. The van der Waals surface area contributed by atoms with Crippen LogP contribution in [0.2, 0.25) is 0 Å². The number of nitrogens with one attached hydrogen (secondary N) is 1. The number of hydrogen-bond donors (Lipinski definition) is 1. The van der Waals surface area contributed by atoms with Crippen molar-refractivity contribution in [2.45, 2.75) is 25.8 Å². The second kappa shape index (κ2) is 5.17. The summed E-state index contributed by atoms with van der Waals surface area (Å²) in [5.74, 6) is 0.346. The van der Waals surface area contributed by atoms with E-state index in [-0.39, 0.29) is 17.4 Å². The molecule has 19 heavy (non-hydrogen) atoms. The van der Waals surface area contributed by atoms with Gasteiger partial charge in [0.15, 0.2) is 0 Å². The second-order valence-corrected chi connectivity index (χ2v) is 5.22. The van der Waals surface area contributed by atoms with Crippen molar-refractivity contribution >= 4 is 5.91 Å². The van der Waals surface area contributed by atoms with Crippen LogP contribution in [-0.2, 0) is 22.5 Å². The van der Waals surface area contributed by atoms with E-state index in [1.807, 2.05) is 11.0 Å². The number of H-pyrrole nitrogens is 1. The molecule has 0 aromatic carbocycles. The first-order chi connectivity index (χ1) is 9.24. The quantitative estimate of drug-likeness (QED) is 0.810. The maximum Gasteiger partial charge on any atom is 0.248 e. The van der Waals surface area contributed by atoms with E-state index in [0.29, 0.717) is 26.3 Å². The summed E-state index contributed by atoms with van der Waals surface area (Å²) >= 11 is 0. The van der Waals surface area contributed by atoms with E-state index in [9.17, 15) is 9.59 Å². The summed E-state index contributed by atoms with van der Waals surface area (Å²) in [6.07, 6.45) is 2.39. The van der Waals surface area contributed by atoms with Crippen LogP contribution in [0.25, 0.3) is 0 Å². The highest BCUT2D eigenvalue weighted by atomic mass is 16.5. The molecular formula is C14H18N2O3. The monoisotopic (exact) mass is 262 g/mol. The highest BCUT2D eigenvalue weighted by molar-refractivity contribution is 5.79. The molecule has 1 N–H and O–H groups in total. The highest BCUT2D eigenvalue weighted by Crippen LogP contribution is 2.22. The number of fused-ring (bicyclic) bond motifs is 1. The molecule has 1 aromatic rings. The van der Waals surface area contributed by atoms with Gasteiger partial charge in [-0.2, -0.15) is 0 Å². The zero-order valence-corrected chi connectivity index (χ0v) is 10.9. The Kier molecular flexibility index (Phi) is 3.38. The smallest absolute Gasteiger partial charge is 0.248 e. The molecule has 0 spiro atoms. The van der Waals surface area contributed by atoms with Crippen LogP contribution in [0.5, 0.6) is 0 Å². The van der Waals surface area contributed by atoms with Crippen molar-refractivity contribution in [1.82, 2.24) is 9.88 Å². The van der Waals surface area contributed by atoms with Crippen molar-refractivity contribution in [2.75, 3.05) is 19.8 Å². The van der Waals surface area contributed by atoms with Crippen LogP contribution in [0, 0.1) is 5.92 Å². The molecule has 102 valence electrons. The minimum atomic E-state index is -0.0667. The summed E-state index contributed by atoms with van der Waals surface area (Å²) in [4.78, 5) is 28.4. The minimum Gasteiger partial charge on any atom is -0.381 e. The number of hydrogen-bond acceptors (Lipinski definition) is 3. The van der Waals surface area contributed by atoms with Crippen LogP contribution in [-0.4, -0.2) is 35.5 Å². The first-order valence-corrected chi connectivity index (χ1v) is 6.81. The number of pyridine rings is 1. The lowest BCUT2D eigenvalue weighted by molar-refractivity contribution is -0.139. The summed E-state index contributed by atoms with van der Waals surface area (Å²) in [6, 6.07) is 3.36. The number of aromatic nitrogens is 1. The van der Waals surface area contributed by atoms with Crippen molar-refractivity contribution in [3.63, 3.8) is 0 Å². The zero-order chi connectivity index (χ0) is 13.2. The molecule has 0 atom stereocenters. The van der Waals surface area contributed by atoms with Crippen molar-refractivity contribution in [1.29, 1.82) is 0 Å². The Morgan fingerprint density at radius 2 is 2.11 bits per heavy atom. The van der Waals surface area contributed by atoms with Crippen molar-refractivity contribution in [2.24, 2.45) is 5.92 Å². The van der Waals surface area contributed by atoms with Crippen LogP contribution in [0.4, 0.5) is 0 Å². The van der Waals surface area contributed by atoms with Gasteiger partial charge in [-0.1, -0.05) is 6.07 Å². The van der Waals surface area contributed by atoms with E-state index >= 15 is 0 Å². The van der Waals surface area contributed by atoms with Gasteiger partial charge in [-0.15, -0.1) is 0 Å². The average Bonchev–Trinajstić information content (AvgIpc) is 2.47. The zero-order valence-electron chi connectivity index (χ0n) is 10.9. The molecule has 0 saturated carbocycles. The SMILES string of the molecule is O=C(C1CCOCC1)N1CCc2[nH]c(=O)ccc2C1. The maximum absolute atomic E-state index is 12.4. The molecule has 0 bridgehead atoms. The van der Waals surface area contributed by atoms with Gasteiger partial charge in [-0.3, -0.25) is 9.59 Å². The van der Waals surface area contributed by atoms with Crippen molar-refractivity contribution in [3.8, 4) is 0 Å². The van der Waals surface area contributed by atoms with Gasteiger partial charge in [-0.05, 0) is 18.4 Å². The summed E-state index contributed by atoms with van der Waals surface area (Å²) in [6.45, 7) is 2.69. The number of aromatic amines is 1. The molecule has 2 aliphatic heterocycles. The van der Waals surface area contributed by atoms with E-state index in [0.717, 1.165) is 30.5 Å². The van der Waals surface area contributed by atoms with Crippen LogP contribution in [0.3, 0.4) is 0 Å². The lowest BCUT2D eigenvalue weighted by Crippen LogP contribution is -2.42. The third-order valence-electron chi connectivity index (χ3n) is 3.97. The van der Waals surface area contributed by atoms with E-state index in [4.69, 9.17) is 4.74 Å². The highest BCUT2D eigenvalue weighted by Gasteiger charge is 2.28. The van der Waals surface area contributed by atoms with Crippen LogP contribution in [0.1, 0.15) is 24.1 Å². The van der Waals surface area contributed by atoms with E-state index < -0.39 is 0 Å². The summed E-state index contributed by atoms with van der Waals surface area (Å²) in [5.41, 5.74) is 1.97. The van der Waals surface area contributed by atoms with Gasteiger partial charge < -0.3 is 14.6 Å². The fraction of sp³-hybridized carbons (Fsp3) is 0.571. The van der Waals surface area contributed by atoms with Crippen LogP contribution < -0.4 is 5.56 Å². The van der Waals surface area contributed by atoms with Crippen molar-refractivity contribution in [3.05, 3.63) is 33.7 Å². The van der Waals surface area contributed by atoms with Gasteiger partial charge in [0.25, 0.3) is 0 Å². The number of amides is 1. The molecule has 2 aliphatic rings. The first kappa shape index (κ1) is 12.4. The molecule has 3 rings (SSSR count). The fourth-order valence-electron chi connectivity index (χ4n) is 2.84. The summed E-state index contributed by atoms with van der Waals surface area (Å²) < 4.78 is 5.30. The van der Waals surface area contributed by atoms with Crippen LogP contribution >= 0.6 is 0 Å². The van der Waals surface area contributed by atoms with Gasteiger partial charge >= 0.3 is 0 Å². The first-order valence-electron chi connectivity index (χ1n) is 6.81. The normalized spacial score (nSPS) is 20.1. The molecule has 5 nitrogen and oxygen atoms in total. The van der Waals surface area contributed by atoms with Crippen LogP contribution in [0.15, 0.2) is 16.9 Å². The Hall–Kier alpha value is -1.62. The molecule has 0 radical (unpaired) electrons. The number of ether oxygens (including phenoxy) is 1. The summed E-state index contributed by atoms with van der Waals surface area (Å²) in [7, 11) is 0. The molecule has 1 amide bonds. The van der Waals surface area contributed by atoms with Gasteiger partial charge in [0.05, 0.1) is 0 Å². The van der Waals surface area contributed by atoms with E-state index in [1.165, 1.54) is 6.07 Å². The second-order valence-electron chi connectivity index (χ2n) is 5.22. The van der Waals surface area contributed by atoms with Crippen molar-refractivity contribution < 1.29 is 9.53 Å². The number of carbonyl (C=O) groups is 1. The lowest BCUT2D eigenvalue weighted by Gasteiger charge is -2.32. The number of nitrogens with zero attached hydrogens (tertiary/aromatic N) is 1. The predicted molar refractivity (Wildman–Crippen MR) is 69.7 cm³/mol. The maximum atomic E-state index is 12.4. The standard InChI is InChI=1S/C14H18N2O3/c17-13-2-1-11-9-16(6-3-12(11)15-13)14(18)10-4-7-19-8-5-10/h1-2,10H,3-9H2,(H,15,17). The number of rotatable bonds is 1. The Labute approximate surface area is 111 Å². The van der Waals surface area contributed by atoms with Gasteiger partial charge in [0, 0.05) is 50.4 Å². The van der Waals surface area contributed by atoms with E-state index in [1.54, 1.807) is 0 Å². The lowest BCUT2D eigenvalue weighted by atomic mass is 9.96. The molecule has 5 heteroatoms. The minimum absolute atomic E-state index is 0.0667. The predicted octanol–water partition coefficient (Wildman–Crippen LogP) is 0.686. The Balaban J connectivity index is 1.72. The molecular weight excluding hydrogens is 244 g/mol. The molecule has 1 aromatic heterocycles. The Bertz CT molecular complexity index is 532. The third-order valence-corrected chi connectivity index (χ3v) is 3.97. The summed E-state index contributed by atoms with van der Waals surface area (Å²) in [5, 5.41) is 0. The largest absolute Gasteiger partial charge is 0.381 e. The molecule has 3 heterocycles. The third kappa shape index (κ3) is 2.56. The fourth-order valence-corrected chi connectivity index (χ4v) is 2.84. The average molecular weight is 262 g/mol. The van der Waals surface area contributed by atoms with Gasteiger partial charge in [0.2, 0.25) is 11.5 Å². The topological polar surface area (TPSA) is 62.4 Å². The Morgan fingerprint density at radius 3 is 2.89 bits per heavy atom.